The van der Waals surface area contributed by atoms with Crippen LogP contribution in [-0.2, 0) is 4.79 Å². The second-order valence-corrected chi connectivity index (χ2v) is 5.12. The Labute approximate surface area is 125 Å². The number of hydrogen-bond donors (Lipinski definition) is 1. The molecule has 1 fully saturated rings. The molecule has 6 nitrogen and oxygen atoms in total. The summed E-state index contributed by atoms with van der Waals surface area (Å²) in [6.45, 7) is 0.416. The molecule has 1 amide bonds. The van der Waals surface area contributed by atoms with Crippen LogP contribution in [0.25, 0.3) is 5.69 Å². The molecule has 0 unspecified atom stereocenters. The number of carboxylic acids is 1. The molecule has 0 bridgehead atoms. The predicted octanol–water partition coefficient (Wildman–Crippen LogP) is 1.70. The van der Waals surface area contributed by atoms with Crippen molar-refractivity contribution in [3.63, 3.8) is 0 Å². The first kappa shape index (κ1) is 14.2. The van der Waals surface area contributed by atoms with Crippen LogP contribution in [0.5, 0.6) is 0 Å². The average molecular weight is 303 g/mol. The number of halogens is 1. The second kappa shape index (κ2) is 5.59. The van der Waals surface area contributed by atoms with Crippen LogP contribution in [0.15, 0.2) is 36.5 Å². The molecule has 1 N–H and O–H groups in total. The average Bonchev–Trinajstić information content (AvgIpc) is 3.17. The molecule has 2 heterocycles. The van der Waals surface area contributed by atoms with Gasteiger partial charge in [-0.3, -0.25) is 4.79 Å². The Bertz CT molecular complexity index is 711. The van der Waals surface area contributed by atoms with E-state index in [1.807, 2.05) is 0 Å². The number of aromatic nitrogens is 2. The van der Waals surface area contributed by atoms with Gasteiger partial charge in [0.15, 0.2) is 5.69 Å². The summed E-state index contributed by atoms with van der Waals surface area (Å²) in [6, 6.07) is 6.45. The maximum atomic E-state index is 12.9. The van der Waals surface area contributed by atoms with Crippen molar-refractivity contribution in [1.82, 2.24) is 14.7 Å². The Kier molecular flexibility index (Phi) is 3.62. The number of hydrogen-bond acceptors (Lipinski definition) is 3. The Morgan fingerprint density at radius 2 is 1.95 bits per heavy atom. The summed E-state index contributed by atoms with van der Waals surface area (Å²) in [5, 5.41) is 13.3. The molecule has 22 heavy (non-hydrogen) atoms. The SMILES string of the molecule is O=C(O)[C@@H]1CCCN1C(=O)c1ccn(-c2ccc(F)cc2)n1. The third-order valence-corrected chi connectivity index (χ3v) is 3.70. The molecule has 0 aliphatic carbocycles. The third kappa shape index (κ3) is 2.57. The summed E-state index contributed by atoms with van der Waals surface area (Å²) in [7, 11) is 0. The molecule has 7 heteroatoms. The normalized spacial score (nSPS) is 17.7. The molecule has 114 valence electrons. The zero-order valence-corrected chi connectivity index (χ0v) is 11.6. The van der Waals surface area contributed by atoms with Crippen molar-refractivity contribution in [3.8, 4) is 5.69 Å². The zero-order valence-electron chi connectivity index (χ0n) is 11.6. The van der Waals surface area contributed by atoms with Gasteiger partial charge in [0.2, 0.25) is 0 Å². The van der Waals surface area contributed by atoms with E-state index in [1.54, 1.807) is 18.3 Å². The molecule has 1 saturated heterocycles. The van der Waals surface area contributed by atoms with Crippen molar-refractivity contribution in [1.29, 1.82) is 0 Å². The number of carbonyl (C=O) groups is 2. The van der Waals surface area contributed by atoms with Gasteiger partial charge < -0.3 is 10.0 Å². The molecule has 2 aromatic rings. The van der Waals surface area contributed by atoms with Gasteiger partial charge in [0, 0.05) is 12.7 Å². The highest BCUT2D eigenvalue weighted by atomic mass is 19.1. The lowest BCUT2D eigenvalue weighted by atomic mass is 10.2. The van der Waals surface area contributed by atoms with Gasteiger partial charge in [0.25, 0.3) is 5.91 Å². The van der Waals surface area contributed by atoms with Gasteiger partial charge in [-0.1, -0.05) is 0 Å². The van der Waals surface area contributed by atoms with E-state index < -0.39 is 17.9 Å². The fourth-order valence-electron chi connectivity index (χ4n) is 2.59. The lowest BCUT2D eigenvalue weighted by Crippen LogP contribution is -2.40. The largest absolute Gasteiger partial charge is 0.480 e. The molecule has 1 aromatic carbocycles. The number of carboxylic acid groups (broad SMARTS) is 1. The number of benzene rings is 1. The summed E-state index contributed by atoms with van der Waals surface area (Å²) >= 11 is 0. The van der Waals surface area contributed by atoms with E-state index >= 15 is 0 Å². The molecule has 0 saturated carbocycles. The van der Waals surface area contributed by atoms with Gasteiger partial charge in [-0.15, -0.1) is 0 Å². The van der Waals surface area contributed by atoms with Crippen molar-refractivity contribution < 1.29 is 19.1 Å². The van der Waals surface area contributed by atoms with E-state index in [9.17, 15) is 14.0 Å². The van der Waals surface area contributed by atoms with Crippen LogP contribution < -0.4 is 0 Å². The molecule has 1 aromatic heterocycles. The fraction of sp³-hybridized carbons (Fsp3) is 0.267. The lowest BCUT2D eigenvalue weighted by molar-refractivity contribution is -0.141. The van der Waals surface area contributed by atoms with Crippen LogP contribution >= 0.6 is 0 Å². The third-order valence-electron chi connectivity index (χ3n) is 3.70. The Morgan fingerprint density at radius 3 is 2.64 bits per heavy atom. The summed E-state index contributed by atoms with van der Waals surface area (Å²) < 4.78 is 14.4. The van der Waals surface area contributed by atoms with Crippen LogP contribution in [0.1, 0.15) is 23.3 Å². The van der Waals surface area contributed by atoms with Crippen molar-refractivity contribution in [2.75, 3.05) is 6.54 Å². The first-order valence-electron chi connectivity index (χ1n) is 6.91. The van der Waals surface area contributed by atoms with E-state index in [1.165, 1.54) is 27.8 Å². The highest BCUT2D eigenvalue weighted by molar-refractivity contribution is 5.95. The highest BCUT2D eigenvalue weighted by Gasteiger charge is 2.35. The van der Waals surface area contributed by atoms with Crippen LogP contribution in [-0.4, -0.2) is 44.3 Å². The molecular weight excluding hydrogens is 289 g/mol. The van der Waals surface area contributed by atoms with Gasteiger partial charge in [0.1, 0.15) is 11.9 Å². The molecule has 3 rings (SSSR count). The quantitative estimate of drug-likeness (QED) is 0.936. The van der Waals surface area contributed by atoms with Gasteiger partial charge in [-0.25, -0.2) is 13.9 Å². The first-order chi connectivity index (χ1) is 10.6. The van der Waals surface area contributed by atoms with Gasteiger partial charge in [0.05, 0.1) is 5.69 Å². The minimum Gasteiger partial charge on any atom is -0.480 e. The molecular formula is C15H14FN3O3. The Balaban J connectivity index is 1.82. The zero-order chi connectivity index (χ0) is 15.7. The van der Waals surface area contributed by atoms with E-state index in [0.29, 0.717) is 25.1 Å². The van der Waals surface area contributed by atoms with Crippen LogP contribution in [0.2, 0.25) is 0 Å². The number of amides is 1. The number of carbonyl (C=O) groups excluding carboxylic acids is 1. The second-order valence-electron chi connectivity index (χ2n) is 5.12. The minimum absolute atomic E-state index is 0.178. The Morgan fingerprint density at radius 1 is 1.23 bits per heavy atom. The molecule has 0 radical (unpaired) electrons. The number of rotatable bonds is 3. The van der Waals surface area contributed by atoms with E-state index in [0.717, 1.165) is 0 Å². The van der Waals surface area contributed by atoms with Crippen LogP contribution in [0.4, 0.5) is 4.39 Å². The summed E-state index contributed by atoms with van der Waals surface area (Å²) in [4.78, 5) is 24.9. The van der Waals surface area contributed by atoms with E-state index in [4.69, 9.17) is 5.11 Å². The van der Waals surface area contributed by atoms with Crippen molar-refractivity contribution in [2.24, 2.45) is 0 Å². The molecule has 1 aliphatic rings. The maximum Gasteiger partial charge on any atom is 0.326 e. The topological polar surface area (TPSA) is 75.4 Å². The standard InChI is InChI=1S/C15H14FN3O3/c16-10-3-5-11(6-4-10)19-9-7-12(17-19)14(20)18-8-1-2-13(18)15(21)22/h3-7,9,13H,1-2,8H2,(H,21,22)/t13-/m0/s1. The number of aliphatic carboxylic acids is 1. The smallest absolute Gasteiger partial charge is 0.326 e. The summed E-state index contributed by atoms with van der Waals surface area (Å²) in [5.74, 6) is -1.75. The van der Waals surface area contributed by atoms with Gasteiger partial charge in [-0.2, -0.15) is 5.10 Å². The predicted molar refractivity (Wildman–Crippen MR) is 75.2 cm³/mol. The molecule has 1 aliphatic heterocycles. The molecule has 1 atom stereocenters. The van der Waals surface area contributed by atoms with E-state index in [2.05, 4.69) is 5.10 Å². The van der Waals surface area contributed by atoms with Crippen molar-refractivity contribution in [3.05, 3.63) is 48.0 Å². The highest BCUT2D eigenvalue weighted by Crippen LogP contribution is 2.20. The van der Waals surface area contributed by atoms with Gasteiger partial charge >= 0.3 is 5.97 Å². The number of nitrogens with zero attached hydrogens (tertiary/aromatic N) is 3. The van der Waals surface area contributed by atoms with Crippen molar-refractivity contribution in [2.45, 2.75) is 18.9 Å². The minimum atomic E-state index is -0.996. The van der Waals surface area contributed by atoms with Gasteiger partial charge in [-0.05, 0) is 43.2 Å². The summed E-state index contributed by atoms with van der Waals surface area (Å²) in [6.07, 6.45) is 2.72. The Hall–Kier alpha value is -2.70. The van der Waals surface area contributed by atoms with E-state index in [-0.39, 0.29) is 11.5 Å². The maximum absolute atomic E-state index is 12.9. The first-order valence-corrected chi connectivity index (χ1v) is 6.91. The van der Waals surface area contributed by atoms with Crippen LogP contribution in [0, 0.1) is 5.82 Å². The number of likely N-dealkylation sites (tertiary alicyclic amines) is 1. The fourth-order valence-corrected chi connectivity index (χ4v) is 2.59. The van der Waals surface area contributed by atoms with Crippen molar-refractivity contribution >= 4 is 11.9 Å². The van der Waals surface area contributed by atoms with Crippen LogP contribution in [0.3, 0.4) is 0 Å². The molecule has 0 spiro atoms. The summed E-state index contributed by atoms with van der Waals surface area (Å²) in [5.41, 5.74) is 0.800. The lowest BCUT2D eigenvalue weighted by Gasteiger charge is -2.20. The monoisotopic (exact) mass is 303 g/mol.